The molecule has 1 aromatic rings. The van der Waals surface area contributed by atoms with Crippen molar-refractivity contribution in [2.75, 3.05) is 6.61 Å². The van der Waals surface area contributed by atoms with Gasteiger partial charge in [0.15, 0.2) is 0 Å². The van der Waals surface area contributed by atoms with Crippen molar-refractivity contribution in [1.82, 2.24) is 0 Å². The number of hydrogen-bond acceptors (Lipinski definition) is 2. The Morgan fingerprint density at radius 1 is 1.38 bits per heavy atom. The first-order valence-corrected chi connectivity index (χ1v) is 8.24. The van der Waals surface area contributed by atoms with Gasteiger partial charge >= 0.3 is 5.97 Å². The van der Waals surface area contributed by atoms with E-state index in [9.17, 15) is 4.79 Å². The average molecular weight is 351 g/mol. The minimum Gasteiger partial charge on any atom is -0.493 e. The smallest absolute Gasteiger partial charge is 0.328 e. The number of ether oxygens (including phenoxy) is 1. The third kappa shape index (κ3) is 3.49. The summed E-state index contributed by atoms with van der Waals surface area (Å²) in [7, 11) is 0. The lowest BCUT2D eigenvalue weighted by molar-refractivity contribution is -0.131. The first-order valence-electron chi connectivity index (χ1n) is 7.45. The third-order valence-electron chi connectivity index (χ3n) is 4.72. The second-order valence-corrected chi connectivity index (χ2v) is 6.96. The van der Waals surface area contributed by atoms with Crippen LogP contribution in [-0.2, 0) is 4.79 Å². The lowest BCUT2D eigenvalue weighted by atomic mass is 9.89. The molecule has 0 radical (unpaired) electrons. The van der Waals surface area contributed by atoms with Gasteiger partial charge in [-0.3, -0.25) is 0 Å². The normalized spacial score (nSPS) is 27.4. The summed E-state index contributed by atoms with van der Waals surface area (Å²) >= 11 is 3.42. The van der Waals surface area contributed by atoms with E-state index in [0.29, 0.717) is 5.92 Å². The van der Waals surface area contributed by atoms with E-state index in [-0.39, 0.29) is 0 Å². The molecule has 1 N–H and O–H groups in total. The number of carboxylic acids is 1. The van der Waals surface area contributed by atoms with Crippen LogP contribution in [0, 0.1) is 17.8 Å². The Balaban J connectivity index is 1.63. The van der Waals surface area contributed by atoms with Crippen LogP contribution in [-0.4, -0.2) is 17.7 Å². The number of aliphatic carboxylic acids is 1. The Labute approximate surface area is 133 Å². The van der Waals surface area contributed by atoms with Gasteiger partial charge in [-0.05, 0) is 66.9 Å². The maximum Gasteiger partial charge on any atom is 0.328 e. The predicted octanol–water partition coefficient (Wildman–Crippen LogP) is 4.36. The molecule has 21 heavy (non-hydrogen) atoms. The molecule has 0 spiro atoms. The second kappa shape index (κ2) is 6.22. The van der Waals surface area contributed by atoms with Crippen molar-refractivity contribution in [2.24, 2.45) is 17.8 Å². The number of fused-ring (bicyclic) bond motifs is 2. The average Bonchev–Trinajstić information content (AvgIpc) is 3.07. The van der Waals surface area contributed by atoms with Gasteiger partial charge < -0.3 is 9.84 Å². The minimum absolute atomic E-state index is 0.699. The van der Waals surface area contributed by atoms with Crippen LogP contribution >= 0.6 is 15.9 Å². The first-order chi connectivity index (χ1) is 10.1. The van der Waals surface area contributed by atoms with E-state index in [1.54, 1.807) is 6.08 Å². The molecule has 3 unspecified atom stereocenters. The van der Waals surface area contributed by atoms with Gasteiger partial charge in [-0.2, -0.15) is 0 Å². The summed E-state index contributed by atoms with van der Waals surface area (Å²) in [6.07, 6.45) is 8.19. The van der Waals surface area contributed by atoms with Crippen molar-refractivity contribution in [2.45, 2.75) is 25.7 Å². The van der Waals surface area contributed by atoms with E-state index < -0.39 is 5.97 Å². The molecule has 2 bridgehead atoms. The molecular formula is C17H19BrO3. The van der Waals surface area contributed by atoms with Crippen molar-refractivity contribution in [3.8, 4) is 5.75 Å². The zero-order valence-electron chi connectivity index (χ0n) is 11.8. The van der Waals surface area contributed by atoms with E-state index in [0.717, 1.165) is 40.3 Å². The van der Waals surface area contributed by atoms with Gasteiger partial charge in [-0.15, -0.1) is 0 Å². The highest BCUT2D eigenvalue weighted by Crippen LogP contribution is 2.48. The second-order valence-electron chi connectivity index (χ2n) is 6.10. The van der Waals surface area contributed by atoms with Gasteiger partial charge in [0, 0.05) is 10.5 Å². The maximum absolute atomic E-state index is 10.6. The molecule has 2 fully saturated rings. The summed E-state index contributed by atoms with van der Waals surface area (Å²) in [6.45, 7) is 0.783. The molecule has 0 aliphatic heterocycles. The number of rotatable bonds is 5. The van der Waals surface area contributed by atoms with Gasteiger partial charge in [0.1, 0.15) is 5.75 Å². The Hall–Kier alpha value is -1.29. The van der Waals surface area contributed by atoms with Crippen LogP contribution in [0.5, 0.6) is 5.75 Å². The molecule has 0 saturated heterocycles. The summed E-state index contributed by atoms with van der Waals surface area (Å²) in [4.78, 5) is 10.6. The molecule has 0 amide bonds. The molecule has 2 aliphatic carbocycles. The van der Waals surface area contributed by atoms with E-state index in [2.05, 4.69) is 15.9 Å². The Kier molecular flexibility index (Phi) is 4.34. The van der Waals surface area contributed by atoms with E-state index in [1.165, 1.54) is 25.7 Å². The Bertz CT molecular complexity index is 567. The molecule has 2 saturated carbocycles. The third-order valence-corrected chi connectivity index (χ3v) is 5.44. The monoisotopic (exact) mass is 350 g/mol. The summed E-state index contributed by atoms with van der Waals surface area (Å²) < 4.78 is 6.81. The van der Waals surface area contributed by atoms with Crippen LogP contribution in [0.2, 0.25) is 0 Å². The van der Waals surface area contributed by atoms with Gasteiger partial charge in [-0.25, -0.2) is 4.79 Å². The highest BCUT2D eigenvalue weighted by molar-refractivity contribution is 9.10. The number of carboxylic acid groups (broad SMARTS) is 1. The number of benzene rings is 1. The lowest BCUT2D eigenvalue weighted by Gasteiger charge is -2.21. The molecule has 3 rings (SSSR count). The summed E-state index contributed by atoms with van der Waals surface area (Å²) in [5.41, 5.74) is 0.822. The topological polar surface area (TPSA) is 46.5 Å². The summed E-state index contributed by atoms with van der Waals surface area (Å²) in [5, 5.41) is 8.71. The van der Waals surface area contributed by atoms with Crippen molar-refractivity contribution in [3.63, 3.8) is 0 Å². The van der Waals surface area contributed by atoms with E-state index in [1.807, 2.05) is 18.2 Å². The van der Waals surface area contributed by atoms with Crippen molar-refractivity contribution < 1.29 is 14.6 Å². The van der Waals surface area contributed by atoms with E-state index >= 15 is 0 Å². The SMILES string of the molecule is O=C(O)/C=C/c1cc(OCC2CC3CCC2C3)ccc1Br. The quantitative estimate of drug-likeness (QED) is 0.802. The van der Waals surface area contributed by atoms with Gasteiger partial charge in [0.05, 0.1) is 6.61 Å². The summed E-state index contributed by atoms with van der Waals surface area (Å²) in [6, 6.07) is 5.71. The van der Waals surface area contributed by atoms with Crippen LogP contribution in [0.25, 0.3) is 6.08 Å². The zero-order valence-corrected chi connectivity index (χ0v) is 13.4. The fraction of sp³-hybridized carbons (Fsp3) is 0.471. The molecule has 4 heteroatoms. The highest BCUT2D eigenvalue weighted by atomic mass is 79.9. The summed E-state index contributed by atoms with van der Waals surface area (Å²) in [5.74, 6) is 2.35. The Morgan fingerprint density at radius 2 is 2.24 bits per heavy atom. The van der Waals surface area contributed by atoms with Gasteiger partial charge in [0.25, 0.3) is 0 Å². The molecule has 3 nitrogen and oxygen atoms in total. The minimum atomic E-state index is -0.949. The maximum atomic E-state index is 10.6. The molecular weight excluding hydrogens is 332 g/mol. The van der Waals surface area contributed by atoms with Crippen LogP contribution in [0.1, 0.15) is 31.2 Å². The molecule has 1 aromatic carbocycles. The number of halogens is 1. The number of hydrogen-bond donors (Lipinski definition) is 1. The fourth-order valence-electron chi connectivity index (χ4n) is 3.68. The van der Waals surface area contributed by atoms with Crippen LogP contribution < -0.4 is 4.74 Å². The molecule has 112 valence electrons. The van der Waals surface area contributed by atoms with Crippen LogP contribution in [0.4, 0.5) is 0 Å². The zero-order chi connectivity index (χ0) is 14.8. The molecule has 0 heterocycles. The van der Waals surface area contributed by atoms with Crippen molar-refractivity contribution >= 4 is 28.0 Å². The predicted molar refractivity (Wildman–Crippen MR) is 85.2 cm³/mol. The molecule has 3 atom stereocenters. The van der Waals surface area contributed by atoms with Crippen molar-refractivity contribution in [3.05, 3.63) is 34.3 Å². The van der Waals surface area contributed by atoms with E-state index in [4.69, 9.17) is 9.84 Å². The Morgan fingerprint density at radius 3 is 2.90 bits per heavy atom. The van der Waals surface area contributed by atoms with Gasteiger partial charge in [0.2, 0.25) is 0 Å². The fourth-order valence-corrected chi connectivity index (χ4v) is 4.06. The largest absolute Gasteiger partial charge is 0.493 e. The standard InChI is InChI=1S/C17H19BrO3/c18-16-5-4-15(9-13(16)3-6-17(19)20)21-10-14-8-11-1-2-12(14)7-11/h3-6,9,11-12,14H,1-2,7-8,10H2,(H,19,20)/b6-3+. The van der Waals surface area contributed by atoms with Crippen LogP contribution in [0.3, 0.4) is 0 Å². The number of carbonyl (C=O) groups is 1. The molecule has 2 aliphatic rings. The molecule has 0 aromatic heterocycles. The van der Waals surface area contributed by atoms with Crippen molar-refractivity contribution in [1.29, 1.82) is 0 Å². The van der Waals surface area contributed by atoms with Crippen LogP contribution in [0.15, 0.2) is 28.7 Å². The highest BCUT2D eigenvalue weighted by Gasteiger charge is 2.39. The first kappa shape index (κ1) is 14.6. The van der Waals surface area contributed by atoms with Gasteiger partial charge in [-0.1, -0.05) is 22.4 Å². The lowest BCUT2D eigenvalue weighted by Crippen LogP contribution is -2.18.